The first kappa shape index (κ1) is 13.9. The molecule has 0 aliphatic heterocycles. The van der Waals surface area contributed by atoms with Crippen molar-refractivity contribution in [3.05, 3.63) is 17.8 Å². The summed E-state index contributed by atoms with van der Waals surface area (Å²) in [5.74, 6) is 0.538. The molecule has 0 saturated carbocycles. The van der Waals surface area contributed by atoms with Gasteiger partial charge in [-0.05, 0) is 12.5 Å². The van der Waals surface area contributed by atoms with Crippen LogP contribution in [0.5, 0.6) is 5.88 Å². The van der Waals surface area contributed by atoms with Gasteiger partial charge >= 0.3 is 0 Å². The highest BCUT2D eigenvalue weighted by atomic mass is 16.5. The van der Waals surface area contributed by atoms with Gasteiger partial charge in [0, 0.05) is 6.07 Å². The van der Waals surface area contributed by atoms with Gasteiger partial charge in [-0.1, -0.05) is 39.0 Å². The zero-order valence-electron chi connectivity index (χ0n) is 10.6. The lowest BCUT2D eigenvalue weighted by atomic mass is 10.1. The van der Waals surface area contributed by atoms with E-state index in [2.05, 4.69) is 17.1 Å². The summed E-state index contributed by atoms with van der Waals surface area (Å²) in [6.07, 6.45) is 7.49. The third-order valence-corrected chi connectivity index (χ3v) is 2.61. The molecule has 1 aromatic heterocycles. The van der Waals surface area contributed by atoms with Crippen LogP contribution in [0.3, 0.4) is 0 Å². The van der Waals surface area contributed by atoms with E-state index in [9.17, 15) is 0 Å². The van der Waals surface area contributed by atoms with Gasteiger partial charge in [0.05, 0.1) is 18.9 Å². The Labute approximate surface area is 103 Å². The van der Waals surface area contributed by atoms with E-state index in [1.54, 1.807) is 12.1 Å². The first-order valence-corrected chi connectivity index (χ1v) is 6.43. The second-order valence-electron chi connectivity index (χ2n) is 4.14. The highest BCUT2D eigenvalue weighted by molar-refractivity contribution is 5.10. The maximum absolute atomic E-state index is 8.80. The molecule has 96 valence electrons. The summed E-state index contributed by atoms with van der Waals surface area (Å²) in [4.78, 5) is 0. The van der Waals surface area contributed by atoms with Crippen molar-refractivity contribution in [2.45, 2.75) is 52.1 Å². The van der Waals surface area contributed by atoms with Gasteiger partial charge in [-0.3, -0.25) is 0 Å². The molecule has 0 spiro atoms. The summed E-state index contributed by atoms with van der Waals surface area (Å²) in [5.41, 5.74) is 0.567. The lowest BCUT2D eigenvalue weighted by Gasteiger charge is -2.04. The maximum atomic E-state index is 8.80. The Morgan fingerprint density at radius 3 is 2.47 bits per heavy atom. The SMILES string of the molecule is CCCCCCCCOc1ccc(CO)nn1. The molecule has 0 bridgehead atoms. The number of rotatable bonds is 9. The summed E-state index contributed by atoms with van der Waals surface area (Å²) < 4.78 is 5.46. The van der Waals surface area contributed by atoms with E-state index in [1.807, 2.05) is 0 Å². The van der Waals surface area contributed by atoms with Crippen LogP contribution in [0, 0.1) is 0 Å². The van der Waals surface area contributed by atoms with Crippen molar-refractivity contribution < 1.29 is 9.84 Å². The maximum Gasteiger partial charge on any atom is 0.233 e. The monoisotopic (exact) mass is 238 g/mol. The second kappa shape index (κ2) is 8.93. The lowest BCUT2D eigenvalue weighted by Crippen LogP contribution is -2.01. The van der Waals surface area contributed by atoms with Crippen molar-refractivity contribution in [2.75, 3.05) is 6.61 Å². The minimum absolute atomic E-state index is 0.0787. The van der Waals surface area contributed by atoms with Gasteiger partial charge in [-0.15, -0.1) is 10.2 Å². The van der Waals surface area contributed by atoms with E-state index < -0.39 is 0 Å². The molecule has 1 heterocycles. The van der Waals surface area contributed by atoms with Crippen molar-refractivity contribution in [3.63, 3.8) is 0 Å². The number of aromatic nitrogens is 2. The number of hydrogen-bond donors (Lipinski definition) is 1. The molecule has 0 radical (unpaired) electrons. The van der Waals surface area contributed by atoms with Gasteiger partial charge in [0.2, 0.25) is 5.88 Å². The smallest absolute Gasteiger partial charge is 0.233 e. The van der Waals surface area contributed by atoms with Gasteiger partial charge in [0.25, 0.3) is 0 Å². The van der Waals surface area contributed by atoms with Crippen LogP contribution in [0.1, 0.15) is 51.1 Å². The minimum Gasteiger partial charge on any atom is -0.477 e. The predicted molar refractivity (Wildman–Crippen MR) is 66.8 cm³/mol. The van der Waals surface area contributed by atoms with Crippen molar-refractivity contribution in [1.82, 2.24) is 10.2 Å². The molecule has 0 saturated heterocycles. The van der Waals surface area contributed by atoms with E-state index in [4.69, 9.17) is 9.84 Å². The average Bonchev–Trinajstić information content (AvgIpc) is 2.38. The van der Waals surface area contributed by atoms with E-state index in [0.29, 0.717) is 18.2 Å². The Kier molecular flexibility index (Phi) is 7.30. The van der Waals surface area contributed by atoms with Crippen LogP contribution in [-0.4, -0.2) is 21.9 Å². The lowest BCUT2D eigenvalue weighted by molar-refractivity contribution is 0.269. The first-order valence-electron chi connectivity index (χ1n) is 6.43. The molecule has 0 unspecified atom stereocenters. The normalized spacial score (nSPS) is 10.5. The van der Waals surface area contributed by atoms with Crippen molar-refractivity contribution in [3.8, 4) is 5.88 Å². The average molecular weight is 238 g/mol. The van der Waals surface area contributed by atoms with Crippen LogP contribution in [0.2, 0.25) is 0 Å². The largest absolute Gasteiger partial charge is 0.477 e. The second-order valence-corrected chi connectivity index (χ2v) is 4.14. The zero-order chi connectivity index (χ0) is 12.3. The quantitative estimate of drug-likeness (QED) is 0.672. The fourth-order valence-corrected chi connectivity index (χ4v) is 1.57. The molecular weight excluding hydrogens is 216 g/mol. The summed E-state index contributed by atoms with van der Waals surface area (Å²) in [6.45, 7) is 2.84. The van der Waals surface area contributed by atoms with Crippen LogP contribution in [0.25, 0.3) is 0 Å². The van der Waals surface area contributed by atoms with Gasteiger partial charge in [0.15, 0.2) is 0 Å². The topological polar surface area (TPSA) is 55.2 Å². The molecule has 0 aromatic carbocycles. The number of hydrogen-bond acceptors (Lipinski definition) is 4. The predicted octanol–water partition coefficient (Wildman–Crippen LogP) is 2.71. The highest BCUT2D eigenvalue weighted by Gasteiger charge is 1.97. The summed E-state index contributed by atoms with van der Waals surface area (Å²) in [7, 11) is 0. The Morgan fingerprint density at radius 2 is 1.82 bits per heavy atom. The van der Waals surface area contributed by atoms with Crippen LogP contribution >= 0.6 is 0 Å². The van der Waals surface area contributed by atoms with Crippen LogP contribution < -0.4 is 4.74 Å². The molecule has 4 heteroatoms. The third-order valence-electron chi connectivity index (χ3n) is 2.61. The summed E-state index contributed by atoms with van der Waals surface area (Å²) in [6, 6.07) is 3.47. The fraction of sp³-hybridized carbons (Fsp3) is 0.692. The molecule has 4 nitrogen and oxygen atoms in total. The van der Waals surface area contributed by atoms with Crippen molar-refractivity contribution in [2.24, 2.45) is 0 Å². The molecule has 0 atom stereocenters. The standard InChI is InChI=1S/C13H22N2O2/c1-2-3-4-5-6-7-10-17-13-9-8-12(11-16)14-15-13/h8-9,16H,2-7,10-11H2,1H3. The molecule has 1 aromatic rings. The third kappa shape index (κ3) is 6.22. The minimum atomic E-state index is -0.0787. The number of aliphatic hydroxyl groups excluding tert-OH is 1. The van der Waals surface area contributed by atoms with E-state index in [0.717, 1.165) is 6.42 Å². The molecular formula is C13H22N2O2. The van der Waals surface area contributed by atoms with E-state index in [-0.39, 0.29) is 6.61 Å². The number of unbranched alkanes of at least 4 members (excludes halogenated alkanes) is 5. The van der Waals surface area contributed by atoms with Crippen LogP contribution in [-0.2, 0) is 6.61 Å². The summed E-state index contributed by atoms with van der Waals surface area (Å²) >= 11 is 0. The summed E-state index contributed by atoms with van der Waals surface area (Å²) in [5, 5.41) is 16.5. The van der Waals surface area contributed by atoms with Crippen molar-refractivity contribution in [1.29, 1.82) is 0 Å². The molecule has 1 rings (SSSR count). The van der Waals surface area contributed by atoms with Crippen molar-refractivity contribution >= 4 is 0 Å². The van der Waals surface area contributed by atoms with Gasteiger partial charge < -0.3 is 9.84 Å². The first-order chi connectivity index (χ1) is 8.36. The van der Waals surface area contributed by atoms with Gasteiger partial charge in [-0.25, -0.2) is 0 Å². The number of ether oxygens (including phenoxy) is 1. The van der Waals surface area contributed by atoms with E-state index >= 15 is 0 Å². The molecule has 0 aliphatic carbocycles. The van der Waals surface area contributed by atoms with Gasteiger partial charge in [-0.2, -0.15) is 0 Å². The Balaban J connectivity index is 2.05. The Morgan fingerprint density at radius 1 is 1.06 bits per heavy atom. The highest BCUT2D eigenvalue weighted by Crippen LogP contribution is 2.08. The molecule has 17 heavy (non-hydrogen) atoms. The molecule has 0 amide bonds. The zero-order valence-corrected chi connectivity index (χ0v) is 10.6. The fourth-order valence-electron chi connectivity index (χ4n) is 1.57. The molecule has 0 fully saturated rings. The number of nitrogens with zero attached hydrogens (tertiary/aromatic N) is 2. The molecule has 1 N–H and O–H groups in total. The van der Waals surface area contributed by atoms with E-state index in [1.165, 1.54) is 32.1 Å². The van der Waals surface area contributed by atoms with Crippen LogP contribution in [0.4, 0.5) is 0 Å². The van der Waals surface area contributed by atoms with Crippen LogP contribution in [0.15, 0.2) is 12.1 Å². The Bertz CT molecular complexity index is 288. The Hall–Kier alpha value is -1.16. The number of aliphatic hydroxyl groups is 1. The molecule has 0 aliphatic rings. The van der Waals surface area contributed by atoms with Gasteiger partial charge in [0.1, 0.15) is 0 Å².